The molecule has 9 heteroatoms. The third-order valence-electron chi connectivity index (χ3n) is 3.74. The first kappa shape index (κ1) is 20.6. The van der Waals surface area contributed by atoms with Crippen LogP contribution in [-0.4, -0.2) is 36.5 Å². The summed E-state index contributed by atoms with van der Waals surface area (Å²) in [6.07, 6.45) is 1.31. The fourth-order valence-electron chi connectivity index (χ4n) is 2.29. The maximum Gasteiger partial charge on any atom is 0.244 e. The summed E-state index contributed by atoms with van der Waals surface area (Å²) in [7, 11) is -3.53. The van der Waals surface area contributed by atoms with Crippen LogP contribution in [0.3, 0.4) is 0 Å². The molecule has 1 aromatic heterocycles. The fraction of sp³-hybridized carbons (Fsp3) is 0.294. The maximum atomic E-state index is 12.4. The molecule has 0 bridgehead atoms. The SMILES string of the molecule is CCN(CC)S(=O)(=O)c1ccc(N/N=C(\C)c2cc(Cl)ccc2Cl)nc1. The van der Waals surface area contributed by atoms with Gasteiger partial charge in [0.2, 0.25) is 10.0 Å². The van der Waals surface area contributed by atoms with E-state index in [9.17, 15) is 8.42 Å². The van der Waals surface area contributed by atoms with Gasteiger partial charge in [-0.3, -0.25) is 5.43 Å². The molecule has 0 aliphatic heterocycles. The van der Waals surface area contributed by atoms with Crippen molar-refractivity contribution in [1.29, 1.82) is 0 Å². The number of hydrogen-bond donors (Lipinski definition) is 1. The van der Waals surface area contributed by atoms with E-state index in [0.29, 0.717) is 40.2 Å². The van der Waals surface area contributed by atoms with Gasteiger partial charge in [-0.1, -0.05) is 37.0 Å². The van der Waals surface area contributed by atoms with E-state index in [1.165, 1.54) is 16.6 Å². The van der Waals surface area contributed by atoms with Crippen molar-refractivity contribution in [2.45, 2.75) is 25.7 Å². The molecule has 0 atom stereocenters. The molecule has 0 aliphatic rings. The van der Waals surface area contributed by atoms with Crippen LogP contribution < -0.4 is 5.43 Å². The van der Waals surface area contributed by atoms with E-state index in [4.69, 9.17) is 23.2 Å². The van der Waals surface area contributed by atoms with E-state index >= 15 is 0 Å². The van der Waals surface area contributed by atoms with Gasteiger partial charge in [0.05, 0.1) is 5.71 Å². The number of halogens is 2. The molecule has 1 aromatic carbocycles. The van der Waals surface area contributed by atoms with E-state index in [1.54, 1.807) is 45.0 Å². The van der Waals surface area contributed by atoms with E-state index in [-0.39, 0.29) is 4.90 Å². The van der Waals surface area contributed by atoms with Crippen molar-refractivity contribution in [3.8, 4) is 0 Å². The van der Waals surface area contributed by atoms with Crippen LogP contribution >= 0.6 is 23.2 Å². The zero-order chi connectivity index (χ0) is 19.3. The molecule has 0 amide bonds. The van der Waals surface area contributed by atoms with Crippen molar-refractivity contribution in [2.24, 2.45) is 5.10 Å². The molecule has 0 saturated heterocycles. The van der Waals surface area contributed by atoms with Crippen molar-refractivity contribution in [3.63, 3.8) is 0 Å². The minimum Gasteiger partial charge on any atom is -0.261 e. The number of hydrogen-bond acceptors (Lipinski definition) is 5. The molecule has 2 aromatic rings. The monoisotopic (exact) mass is 414 g/mol. The first-order valence-electron chi connectivity index (χ1n) is 8.01. The van der Waals surface area contributed by atoms with E-state index in [0.717, 1.165) is 0 Å². The summed E-state index contributed by atoms with van der Waals surface area (Å²) in [6, 6.07) is 8.18. The Morgan fingerprint density at radius 3 is 2.46 bits per heavy atom. The third-order valence-corrected chi connectivity index (χ3v) is 6.33. The van der Waals surface area contributed by atoms with Gasteiger partial charge >= 0.3 is 0 Å². The molecule has 0 saturated carbocycles. The van der Waals surface area contributed by atoms with Gasteiger partial charge in [-0.15, -0.1) is 0 Å². The number of anilines is 1. The van der Waals surface area contributed by atoms with E-state index in [1.807, 2.05) is 0 Å². The zero-order valence-electron chi connectivity index (χ0n) is 14.7. The van der Waals surface area contributed by atoms with Crippen LogP contribution in [0.25, 0.3) is 0 Å². The summed E-state index contributed by atoms with van der Waals surface area (Å²) in [5.74, 6) is 0.418. The first-order valence-corrected chi connectivity index (χ1v) is 10.2. The highest BCUT2D eigenvalue weighted by molar-refractivity contribution is 7.89. The number of pyridine rings is 1. The van der Waals surface area contributed by atoms with Crippen molar-refractivity contribution < 1.29 is 8.42 Å². The van der Waals surface area contributed by atoms with Crippen LogP contribution in [0.1, 0.15) is 26.3 Å². The molecule has 0 aliphatic carbocycles. The Kier molecular flexibility index (Phi) is 7.00. The van der Waals surface area contributed by atoms with Crippen LogP contribution in [0.5, 0.6) is 0 Å². The molecule has 0 radical (unpaired) electrons. The number of hydrazone groups is 1. The predicted octanol–water partition coefficient (Wildman–Crippen LogP) is 4.26. The number of aromatic nitrogens is 1. The normalized spacial score (nSPS) is 12.5. The quantitative estimate of drug-likeness (QED) is 0.542. The molecule has 0 spiro atoms. The Bertz CT molecular complexity index is 895. The average molecular weight is 415 g/mol. The molecule has 140 valence electrons. The van der Waals surface area contributed by atoms with Crippen molar-refractivity contribution in [2.75, 3.05) is 18.5 Å². The van der Waals surface area contributed by atoms with Crippen molar-refractivity contribution in [1.82, 2.24) is 9.29 Å². The minimum atomic E-state index is -3.53. The first-order chi connectivity index (χ1) is 12.3. The van der Waals surface area contributed by atoms with Gasteiger partial charge < -0.3 is 0 Å². The lowest BCUT2D eigenvalue weighted by Gasteiger charge is -2.18. The zero-order valence-corrected chi connectivity index (χ0v) is 17.0. The third kappa shape index (κ3) is 4.73. The predicted molar refractivity (Wildman–Crippen MR) is 107 cm³/mol. The summed E-state index contributed by atoms with van der Waals surface area (Å²) in [4.78, 5) is 4.26. The molecule has 0 unspecified atom stereocenters. The minimum absolute atomic E-state index is 0.144. The molecule has 0 fully saturated rings. The molecular formula is C17H20Cl2N4O2S. The van der Waals surface area contributed by atoms with Crippen LogP contribution in [0.2, 0.25) is 10.0 Å². The largest absolute Gasteiger partial charge is 0.261 e. The van der Waals surface area contributed by atoms with Crippen LogP contribution in [0.4, 0.5) is 5.82 Å². The van der Waals surface area contributed by atoms with Gasteiger partial charge in [0, 0.05) is 34.9 Å². The van der Waals surface area contributed by atoms with Gasteiger partial charge in [-0.2, -0.15) is 9.41 Å². The Morgan fingerprint density at radius 2 is 1.88 bits per heavy atom. The number of benzene rings is 1. The summed E-state index contributed by atoms with van der Waals surface area (Å²) >= 11 is 12.1. The topological polar surface area (TPSA) is 74.7 Å². The molecule has 26 heavy (non-hydrogen) atoms. The van der Waals surface area contributed by atoms with Crippen molar-refractivity contribution >= 4 is 44.8 Å². The second kappa shape index (κ2) is 8.81. The Hall–Kier alpha value is -1.67. The molecule has 1 N–H and O–H groups in total. The molecule has 2 rings (SSSR count). The number of sulfonamides is 1. The van der Waals surface area contributed by atoms with Gasteiger partial charge in [0.25, 0.3) is 0 Å². The van der Waals surface area contributed by atoms with Crippen LogP contribution in [0, 0.1) is 0 Å². The lowest BCUT2D eigenvalue weighted by molar-refractivity contribution is 0.445. The maximum absolute atomic E-state index is 12.4. The van der Waals surface area contributed by atoms with Crippen LogP contribution in [0.15, 0.2) is 46.5 Å². The average Bonchev–Trinajstić information content (AvgIpc) is 2.63. The molecular weight excluding hydrogens is 395 g/mol. The van der Waals surface area contributed by atoms with E-state index in [2.05, 4.69) is 15.5 Å². The van der Waals surface area contributed by atoms with Gasteiger partial charge in [-0.05, 0) is 37.3 Å². The highest BCUT2D eigenvalue weighted by Crippen LogP contribution is 2.21. The summed E-state index contributed by atoms with van der Waals surface area (Å²) in [6.45, 7) is 6.18. The van der Waals surface area contributed by atoms with Gasteiger partial charge in [-0.25, -0.2) is 13.4 Å². The lowest BCUT2D eigenvalue weighted by Crippen LogP contribution is -2.30. The second-order valence-electron chi connectivity index (χ2n) is 5.40. The lowest BCUT2D eigenvalue weighted by atomic mass is 10.1. The molecule has 6 nitrogen and oxygen atoms in total. The highest BCUT2D eigenvalue weighted by Gasteiger charge is 2.21. The van der Waals surface area contributed by atoms with Crippen LogP contribution in [-0.2, 0) is 10.0 Å². The Morgan fingerprint density at radius 1 is 1.19 bits per heavy atom. The van der Waals surface area contributed by atoms with E-state index < -0.39 is 10.0 Å². The standard InChI is InChI=1S/C17H20Cl2N4O2S/c1-4-23(5-2)26(24,25)14-7-9-17(20-11-14)22-21-12(3)15-10-13(18)6-8-16(15)19/h6-11H,4-5H2,1-3H3,(H,20,22)/b21-12+. The fourth-order valence-corrected chi connectivity index (χ4v) is 4.12. The van der Waals surface area contributed by atoms with Crippen molar-refractivity contribution in [3.05, 3.63) is 52.1 Å². The van der Waals surface area contributed by atoms with Gasteiger partial charge in [0.1, 0.15) is 10.7 Å². The number of nitrogens with zero attached hydrogens (tertiary/aromatic N) is 3. The summed E-state index contributed by atoms with van der Waals surface area (Å²) < 4.78 is 26.2. The number of rotatable bonds is 7. The summed E-state index contributed by atoms with van der Waals surface area (Å²) in [5, 5.41) is 5.32. The number of nitrogens with one attached hydrogen (secondary N) is 1. The molecule has 1 heterocycles. The van der Waals surface area contributed by atoms with Gasteiger partial charge in [0.15, 0.2) is 0 Å². The highest BCUT2D eigenvalue weighted by atomic mass is 35.5. The second-order valence-corrected chi connectivity index (χ2v) is 8.18. The smallest absolute Gasteiger partial charge is 0.244 e. The summed E-state index contributed by atoms with van der Waals surface area (Å²) in [5.41, 5.74) is 4.12. The Balaban J connectivity index is 2.18. The Labute approximate surface area is 163 Å².